The average Bonchev–Trinajstić information content (AvgIpc) is 3.34. The second-order valence-electron chi connectivity index (χ2n) is 6.54. The first kappa shape index (κ1) is 15.5. The Kier molecular flexibility index (Phi) is 3.79. The van der Waals surface area contributed by atoms with E-state index >= 15 is 0 Å². The average molecular weight is 338 g/mol. The zero-order valence-corrected chi connectivity index (χ0v) is 13.8. The van der Waals surface area contributed by atoms with Crippen LogP contribution in [0.2, 0.25) is 0 Å². The number of amides is 1. The molecule has 1 aliphatic heterocycles. The number of H-pyrrole nitrogens is 1. The van der Waals surface area contributed by atoms with Gasteiger partial charge in [0.2, 0.25) is 0 Å². The van der Waals surface area contributed by atoms with E-state index in [1.54, 1.807) is 24.8 Å². The minimum Gasteiger partial charge on any atom is -0.338 e. The molecule has 4 heterocycles. The molecule has 8 nitrogen and oxygen atoms in total. The summed E-state index contributed by atoms with van der Waals surface area (Å²) in [6.07, 6.45) is 8.32. The van der Waals surface area contributed by atoms with Gasteiger partial charge in [-0.15, -0.1) is 0 Å². The van der Waals surface area contributed by atoms with E-state index in [-0.39, 0.29) is 11.3 Å². The largest absolute Gasteiger partial charge is 0.338 e. The standard InChI is InChI=1S/C17H18N6O2/c1-17(16-21-14(25-22-16)12-3-6-18-7-4-12)5-2-8-23(11-17)15(24)13-9-19-20-10-13/h3-4,6-7,9-10H,2,5,8,11H2,1H3,(H,19,20). The number of hydrogen-bond donors (Lipinski definition) is 1. The summed E-state index contributed by atoms with van der Waals surface area (Å²) in [7, 11) is 0. The molecule has 0 saturated carbocycles. The van der Waals surface area contributed by atoms with Crippen molar-refractivity contribution in [2.24, 2.45) is 0 Å². The second-order valence-corrected chi connectivity index (χ2v) is 6.54. The molecule has 25 heavy (non-hydrogen) atoms. The highest BCUT2D eigenvalue weighted by Gasteiger charge is 2.38. The van der Waals surface area contributed by atoms with Crippen LogP contribution in [0.4, 0.5) is 0 Å². The summed E-state index contributed by atoms with van der Waals surface area (Å²) in [5.41, 5.74) is 1.06. The summed E-state index contributed by atoms with van der Waals surface area (Å²) in [6, 6.07) is 3.66. The molecular formula is C17H18N6O2. The Morgan fingerprint density at radius 1 is 1.36 bits per heavy atom. The predicted octanol–water partition coefficient (Wildman–Crippen LogP) is 2.05. The Morgan fingerprint density at radius 3 is 2.96 bits per heavy atom. The van der Waals surface area contributed by atoms with E-state index < -0.39 is 0 Å². The number of aromatic nitrogens is 5. The summed E-state index contributed by atoms with van der Waals surface area (Å²) < 4.78 is 5.43. The first-order valence-electron chi connectivity index (χ1n) is 8.18. The van der Waals surface area contributed by atoms with Gasteiger partial charge < -0.3 is 9.42 Å². The van der Waals surface area contributed by atoms with Crippen LogP contribution < -0.4 is 0 Å². The minimum atomic E-state index is -0.341. The monoisotopic (exact) mass is 338 g/mol. The maximum absolute atomic E-state index is 12.6. The van der Waals surface area contributed by atoms with Crippen molar-refractivity contribution >= 4 is 5.91 Å². The predicted molar refractivity (Wildman–Crippen MR) is 88.6 cm³/mol. The van der Waals surface area contributed by atoms with Gasteiger partial charge in [-0.25, -0.2) is 0 Å². The van der Waals surface area contributed by atoms with E-state index in [0.717, 1.165) is 18.4 Å². The molecular weight excluding hydrogens is 320 g/mol. The van der Waals surface area contributed by atoms with E-state index in [1.807, 2.05) is 17.0 Å². The molecule has 1 amide bonds. The first-order chi connectivity index (χ1) is 12.2. The van der Waals surface area contributed by atoms with Crippen molar-refractivity contribution in [2.45, 2.75) is 25.2 Å². The van der Waals surface area contributed by atoms with E-state index in [0.29, 0.717) is 30.4 Å². The molecule has 0 radical (unpaired) electrons. The number of likely N-dealkylation sites (tertiary alicyclic amines) is 1. The highest BCUT2D eigenvalue weighted by atomic mass is 16.5. The molecule has 0 aliphatic carbocycles. The lowest BCUT2D eigenvalue weighted by Gasteiger charge is -2.38. The van der Waals surface area contributed by atoms with Crippen LogP contribution in [0, 0.1) is 0 Å². The lowest BCUT2D eigenvalue weighted by molar-refractivity contribution is 0.0642. The Morgan fingerprint density at radius 2 is 2.20 bits per heavy atom. The maximum Gasteiger partial charge on any atom is 0.258 e. The fourth-order valence-electron chi connectivity index (χ4n) is 3.23. The number of carbonyl (C=O) groups is 1. The van der Waals surface area contributed by atoms with Gasteiger partial charge in [0.1, 0.15) is 0 Å². The lowest BCUT2D eigenvalue weighted by Crippen LogP contribution is -2.47. The molecule has 1 fully saturated rings. The first-order valence-corrected chi connectivity index (χ1v) is 8.18. The van der Waals surface area contributed by atoms with Crippen LogP contribution >= 0.6 is 0 Å². The van der Waals surface area contributed by atoms with Crippen molar-refractivity contribution in [3.05, 3.63) is 48.3 Å². The van der Waals surface area contributed by atoms with Crippen LogP contribution in [-0.2, 0) is 5.41 Å². The Balaban J connectivity index is 1.57. The molecule has 8 heteroatoms. The van der Waals surface area contributed by atoms with Crippen LogP contribution in [0.15, 0.2) is 41.4 Å². The topological polar surface area (TPSA) is 101 Å². The quantitative estimate of drug-likeness (QED) is 0.784. The van der Waals surface area contributed by atoms with Gasteiger partial charge in [0.25, 0.3) is 11.8 Å². The molecule has 1 unspecified atom stereocenters. The van der Waals surface area contributed by atoms with Gasteiger partial charge in [-0.2, -0.15) is 10.1 Å². The third-order valence-electron chi connectivity index (χ3n) is 4.62. The third kappa shape index (κ3) is 2.90. The van der Waals surface area contributed by atoms with E-state index in [1.165, 1.54) is 0 Å². The van der Waals surface area contributed by atoms with Gasteiger partial charge in [-0.05, 0) is 25.0 Å². The van der Waals surface area contributed by atoms with Crippen LogP contribution in [0.3, 0.4) is 0 Å². The lowest BCUT2D eigenvalue weighted by atomic mass is 9.81. The van der Waals surface area contributed by atoms with E-state index in [2.05, 4.69) is 32.2 Å². The van der Waals surface area contributed by atoms with E-state index in [9.17, 15) is 4.79 Å². The van der Waals surface area contributed by atoms with Gasteiger partial charge in [0.05, 0.1) is 11.8 Å². The molecule has 1 aliphatic rings. The number of carbonyl (C=O) groups excluding carboxylic acids is 1. The number of nitrogens with one attached hydrogen (secondary N) is 1. The highest BCUT2D eigenvalue weighted by Crippen LogP contribution is 2.33. The van der Waals surface area contributed by atoms with Crippen molar-refractivity contribution in [2.75, 3.05) is 13.1 Å². The van der Waals surface area contributed by atoms with Crippen molar-refractivity contribution in [3.8, 4) is 11.5 Å². The SMILES string of the molecule is CC1(c2noc(-c3ccncc3)n2)CCCN(C(=O)c2cn[nH]c2)C1. The number of rotatable bonds is 3. The fraction of sp³-hybridized carbons (Fsp3) is 0.353. The fourth-order valence-corrected chi connectivity index (χ4v) is 3.23. The number of aromatic amines is 1. The smallest absolute Gasteiger partial charge is 0.258 e. The number of pyridine rings is 1. The summed E-state index contributed by atoms with van der Waals surface area (Å²) in [4.78, 5) is 23.0. The Labute approximate surface area is 144 Å². The highest BCUT2D eigenvalue weighted by molar-refractivity contribution is 5.93. The van der Waals surface area contributed by atoms with Gasteiger partial charge in [0, 0.05) is 42.7 Å². The molecule has 4 rings (SSSR count). The van der Waals surface area contributed by atoms with Crippen molar-refractivity contribution in [3.63, 3.8) is 0 Å². The van der Waals surface area contributed by atoms with Crippen LogP contribution in [0.5, 0.6) is 0 Å². The minimum absolute atomic E-state index is 0.0301. The van der Waals surface area contributed by atoms with E-state index in [4.69, 9.17) is 4.52 Å². The summed E-state index contributed by atoms with van der Waals surface area (Å²) in [6.45, 7) is 3.34. The van der Waals surface area contributed by atoms with Gasteiger partial charge >= 0.3 is 0 Å². The second kappa shape index (κ2) is 6.12. The molecule has 0 aromatic carbocycles. The molecule has 3 aromatic rings. The molecule has 0 spiro atoms. The van der Waals surface area contributed by atoms with Gasteiger partial charge in [-0.1, -0.05) is 12.1 Å². The molecule has 3 aromatic heterocycles. The number of nitrogens with zero attached hydrogens (tertiary/aromatic N) is 5. The molecule has 128 valence electrons. The van der Waals surface area contributed by atoms with Crippen LogP contribution in [0.25, 0.3) is 11.5 Å². The van der Waals surface area contributed by atoms with Gasteiger partial charge in [0.15, 0.2) is 5.82 Å². The Bertz CT molecular complexity index is 860. The summed E-state index contributed by atoms with van der Waals surface area (Å²) in [5, 5.41) is 10.7. The van der Waals surface area contributed by atoms with Gasteiger partial charge in [-0.3, -0.25) is 14.9 Å². The zero-order chi connectivity index (χ0) is 17.3. The normalized spacial score (nSPS) is 20.6. The molecule has 1 atom stereocenters. The van der Waals surface area contributed by atoms with Crippen LogP contribution in [-0.4, -0.2) is 49.2 Å². The maximum atomic E-state index is 12.6. The van der Waals surface area contributed by atoms with Crippen molar-refractivity contribution < 1.29 is 9.32 Å². The van der Waals surface area contributed by atoms with Crippen LogP contribution in [0.1, 0.15) is 35.9 Å². The number of hydrogen-bond acceptors (Lipinski definition) is 6. The summed E-state index contributed by atoms with van der Waals surface area (Å²) in [5.74, 6) is 1.07. The third-order valence-corrected chi connectivity index (χ3v) is 4.62. The van der Waals surface area contributed by atoms with Crippen molar-refractivity contribution in [1.29, 1.82) is 0 Å². The zero-order valence-electron chi connectivity index (χ0n) is 13.8. The molecule has 1 N–H and O–H groups in total. The number of piperidine rings is 1. The Hall–Kier alpha value is -3.03. The van der Waals surface area contributed by atoms with Crippen molar-refractivity contribution in [1.82, 2.24) is 30.2 Å². The summed E-state index contributed by atoms with van der Waals surface area (Å²) >= 11 is 0. The molecule has 1 saturated heterocycles. The molecule has 0 bridgehead atoms.